The van der Waals surface area contributed by atoms with Gasteiger partial charge in [0, 0.05) is 37.3 Å². The molecule has 3 aliphatic carbocycles. The second-order valence-electron chi connectivity index (χ2n) is 19.1. The maximum Gasteiger partial charge on any atom is 0.0857 e. The lowest BCUT2D eigenvalue weighted by molar-refractivity contribution is 0.390. The van der Waals surface area contributed by atoms with E-state index < -0.39 is 0 Å². The highest BCUT2D eigenvalue weighted by molar-refractivity contribution is 5.84. The van der Waals surface area contributed by atoms with E-state index in [0.29, 0.717) is 0 Å². The zero-order valence-corrected chi connectivity index (χ0v) is 40.6. The first-order valence-electron chi connectivity index (χ1n) is 25.6. The molecule has 0 saturated heterocycles. The molecule has 13 aliphatic rings. The quantitative estimate of drug-likeness (QED) is 0.143. The van der Waals surface area contributed by atoms with Gasteiger partial charge >= 0.3 is 0 Å². The molecule has 6 atom stereocenters. The van der Waals surface area contributed by atoms with Gasteiger partial charge in [-0.05, 0) is 145 Å². The molecule has 72 heavy (non-hydrogen) atoms. The molecule has 10 aliphatic heterocycles. The predicted molar refractivity (Wildman–Crippen MR) is 295 cm³/mol. The lowest BCUT2D eigenvalue weighted by Gasteiger charge is -2.25. The number of nitrogens with zero attached hydrogens (tertiary/aromatic N) is 12. The third-order valence-corrected chi connectivity index (χ3v) is 13.8. The van der Waals surface area contributed by atoms with Crippen LogP contribution in [0.5, 0.6) is 0 Å². The Morgan fingerprint density at radius 2 is 0.333 bits per heavy atom. The Kier molecular flexibility index (Phi) is 16.1. The van der Waals surface area contributed by atoms with E-state index in [-0.39, 0.29) is 36.3 Å². The van der Waals surface area contributed by atoms with Gasteiger partial charge in [-0.15, -0.1) is 0 Å². The first-order valence-corrected chi connectivity index (χ1v) is 25.6. The molecule has 0 spiro atoms. The highest BCUT2D eigenvalue weighted by atomic mass is 15.1. The molecule has 12 bridgehead atoms. The van der Waals surface area contributed by atoms with Crippen LogP contribution in [0.15, 0.2) is 206 Å². The summed E-state index contributed by atoms with van der Waals surface area (Å²) in [5.41, 5.74) is 10.9. The number of hydrogen-bond donors (Lipinski definition) is 0. The summed E-state index contributed by atoms with van der Waals surface area (Å²) in [5, 5.41) is 27.0. The van der Waals surface area contributed by atoms with E-state index >= 15 is 0 Å². The van der Waals surface area contributed by atoms with Crippen molar-refractivity contribution < 1.29 is 0 Å². The predicted octanol–water partition coefficient (Wildman–Crippen LogP) is 15.8. The third-order valence-electron chi connectivity index (χ3n) is 13.8. The fourth-order valence-electron chi connectivity index (χ4n) is 9.52. The lowest BCUT2D eigenvalue weighted by Crippen LogP contribution is -2.27. The van der Waals surface area contributed by atoms with Crippen LogP contribution in [-0.4, -0.2) is 73.5 Å². The van der Waals surface area contributed by atoms with Gasteiger partial charge in [0.05, 0.1) is 70.4 Å². The summed E-state index contributed by atoms with van der Waals surface area (Å²) in [7, 11) is 0. The van der Waals surface area contributed by atoms with Gasteiger partial charge in [0.15, 0.2) is 0 Å². The van der Waals surface area contributed by atoms with Crippen LogP contribution in [0.3, 0.4) is 0 Å². The number of aliphatic imine (C=N–C) groups is 6. The van der Waals surface area contributed by atoms with Crippen molar-refractivity contribution in [2.45, 2.75) is 113 Å². The van der Waals surface area contributed by atoms with Crippen molar-refractivity contribution in [2.24, 2.45) is 60.6 Å². The van der Waals surface area contributed by atoms with Crippen LogP contribution in [0.25, 0.3) is 0 Å². The highest BCUT2D eigenvalue weighted by Crippen LogP contribution is 2.29. The smallest absolute Gasteiger partial charge is 0.0857 e. The Morgan fingerprint density at radius 1 is 0.194 bits per heavy atom. The summed E-state index contributed by atoms with van der Waals surface area (Å²) in [4.78, 5) is 30.1. The number of rotatable bonds is 0. The van der Waals surface area contributed by atoms with E-state index in [2.05, 4.69) is 30.7 Å². The Balaban J connectivity index is 0.845. The van der Waals surface area contributed by atoms with Crippen LogP contribution >= 0.6 is 0 Å². The zero-order valence-electron chi connectivity index (χ0n) is 40.6. The lowest BCUT2D eigenvalue weighted by atomic mass is 9.91. The second kappa shape index (κ2) is 24.3. The summed E-state index contributed by atoms with van der Waals surface area (Å²) in [6.45, 7) is 0. The molecule has 0 aromatic heterocycles. The zero-order chi connectivity index (χ0) is 48.6. The standard InChI is InChI=1S/C60H60N12/c1-2-8-56-55(7-1)61-37-43-13-25-49(26-14-43)67-69-51-29-17-45(18-30-51)39-63-57-9-3-4-10-58(57)65-41-47-21-33-53(34-22-47)71-72-54-35-23-48(24-36-54)42-66-60-12-6-5-11-59(60)64-40-46-19-31-52(32-20-46)70-68-50-27-15-44(16-28-50)38-62-56/h13-42,55-60H,1-12H2/t55-,56-,57-,58-,59-,60-/m1/s1. The molecule has 3 fully saturated rings. The normalized spacial score (nSPS) is 22.7. The first-order chi connectivity index (χ1) is 35.6. The molecule has 3 saturated carbocycles. The third kappa shape index (κ3) is 13.7. The Morgan fingerprint density at radius 3 is 0.472 bits per heavy atom. The largest absolute Gasteiger partial charge is 0.287 e. The van der Waals surface area contributed by atoms with Crippen LogP contribution in [0.4, 0.5) is 34.1 Å². The highest BCUT2D eigenvalue weighted by Gasteiger charge is 2.25. The first kappa shape index (κ1) is 47.8. The summed E-state index contributed by atoms with van der Waals surface area (Å²) >= 11 is 0. The van der Waals surface area contributed by atoms with Gasteiger partial charge in [0.2, 0.25) is 0 Å². The van der Waals surface area contributed by atoms with E-state index in [1.807, 2.05) is 183 Å². The average molecular weight is 949 g/mol. The molecule has 19 rings (SSSR count). The summed E-state index contributed by atoms with van der Waals surface area (Å²) in [6, 6.07) is 49.1. The van der Waals surface area contributed by atoms with Crippen molar-refractivity contribution in [3.63, 3.8) is 0 Å². The minimum absolute atomic E-state index is 0.138. The molecule has 12 heteroatoms. The molecule has 0 radical (unpaired) electrons. The molecule has 0 N–H and O–H groups in total. The Bertz CT molecular complexity index is 2440. The maximum absolute atomic E-state index is 5.02. The van der Waals surface area contributed by atoms with Crippen LogP contribution in [0.2, 0.25) is 0 Å². The van der Waals surface area contributed by atoms with Crippen LogP contribution in [0, 0.1) is 0 Å². The van der Waals surface area contributed by atoms with Crippen molar-refractivity contribution >= 4 is 71.4 Å². The molecule has 0 amide bonds. The summed E-state index contributed by atoms with van der Waals surface area (Å²) < 4.78 is 0. The van der Waals surface area contributed by atoms with Gasteiger partial charge in [-0.25, -0.2) is 0 Å². The fourth-order valence-corrected chi connectivity index (χ4v) is 9.52. The van der Waals surface area contributed by atoms with Gasteiger partial charge in [-0.3, -0.25) is 30.0 Å². The Labute approximate surface area is 422 Å². The molecular weight excluding hydrogens is 889 g/mol. The molecule has 6 aromatic carbocycles. The van der Waals surface area contributed by atoms with E-state index in [9.17, 15) is 0 Å². The fraction of sp³-hybridized carbons (Fsp3) is 0.300. The second-order valence-corrected chi connectivity index (χ2v) is 19.1. The number of benzene rings is 6. The SMILES string of the molecule is C1=N[C@@H]2CCCC[C@H]2N=Cc2ccc(cc2)N=Nc2ccc(cc2)C=N[C@@H]2CCCC[C@H]2N=Cc2ccc(cc2)N=Nc2ccc(cc2)C=N[C@@H]2CCCC[C@H]2N=Cc2ccc(cc2)N=Nc2ccc1cc2. The van der Waals surface area contributed by atoms with E-state index in [4.69, 9.17) is 30.0 Å². The van der Waals surface area contributed by atoms with Gasteiger partial charge in [-0.2, -0.15) is 30.7 Å². The molecule has 0 unspecified atom stereocenters. The molecule has 12 nitrogen and oxygen atoms in total. The van der Waals surface area contributed by atoms with Crippen molar-refractivity contribution in [1.29, 1.82) is 0 Å². The topological polar surface area (TPSA) is 148 Å². The van der Waals surface area contributed by atoms with Gasteiger partial charge in [-0.1, -0.05) is 111 Å². The van der Waals surface area contributed by atoms with Crippen LogP contribution in [-0.2, 0) is 0 Å². The Hall–Kier alpha value is -7.86. The van der Waals surface area contributed by atoms with Crippen molar-refractivity contribution in [1.82, 2.24) is 0 Å². The van der Waals surface area contributed by atoms with Gasteiger partial charge in [0.25, 0.3) is 0 Å². The summed E-state index contributed by atoms with van der Waals surface area (Å²) in [5.74, 6) is 0. The maximum atomic E-state index is 5.02. The van der Waals surface area contributed by atoms with Crippen molar-refractivity contribution in [3.8, 4) is 0 Å². The van der Waals surface area contributed by atoms with Crippen LogP contribution in [0.1, 0.15) is 110 Å². The number of hydrogen-bond acceptors (Lipinski definition) is 12. The van der Waals surface area contributed by atoms with Crippen molar-refractivity contribution in [3.05, 3.63) is 179 Å². The van der Waals surface area contributed by atoms with Gasteiger partial charge in [0.1, 0.15) is 0 Å². The van der Waals surface area contributed by atoms with Crippen molar-refractivity contribution in [2.75, 3.05) is 0 Å². The van der Waals surface area contributed by atoms with Crippen LogP contribution < -0.4 is 0 Å². The van der Waals surface area contributed by atoms with Gasteiger partial charge < -0.3 is 0 Å². The molecule has 10 heterocycles. The molecule has 360 valence electrons. The average Bonchev–Trinajstić information content (AvgIpc) is 3.44. The minimum atomic E-state index is 0.138. The number of azo groups is 3. The van der Waals surface area contributed by atoms with E-state index in [0.717, 1.165) is 145 Å². The minimum Gasteiger partial charge on any atom is -0.287 e. The molecule has 6 aromatic rings. The van der Waals surface area contributed by atoms with E-state index in [1.165, 1.54) is 0 Å². The monoisotopic (exact) mass is 949 g/mol. The molecular formula is C60H60N12. The van der Waals surface area contributed by atoms with E-state index in [1.54, 1.807) is 0 Å². The summed E-state index contributed by atoms with van der Waals surface area (Å²) in [6.07, 6.45) is 24.9.